The van der Waals surface area contributed by atoms with Crippen LogP contribution in [0.5, 0.6) is 0 Å². The molecule has 0 spiro atoms. The largest absolute Gasteiger partial charge is 0.466 e. The summed E-state index contributed by atoms with van der Waals surface area (Å²) in [6.07, 6.45) is 6.67. The van der Waals surface area contributed by atoms with Crippen LogP contribution in [0.25, 0.3) is 0 Å². The van der Waals surface area contributed by atoms with E-state index in [9.17, 15) is 19.5 Å². The van der Waals surface area contributed by atoms with Gasteiger partial charge < -0.3 is 19.3 Å². The summed E-state index contributed by atoms with van der Waals surface area (Å²) >= 11 is 0. The standard InChI is InChI=1S/C21H38O7/c1-4-7-10-11-12-15-28-20(24)21(25,16-18(22)26-13-8-5-2)17-19(23)27-14-9-6-3/h25H,4-17H2,1-3H3. The molecule has 0 aliphatic heterocycles. The zero-order valence-corrected chi connectivity index (χ0v) is 17.8. The number of ether oxygens (including phenoxy) is 3. The Bertz CT molecular complexity index is 424. The number of rotatable bonds is 17. The fourth-order valence-corrected chi connectivity index (χ4v) is 2.45. The Hall–Kier alpha value is -1.63. The average molecular weight is 403 g/mol. The molecule has 164 valence electrons. The summed E-state index contributed by atoms with van der Waals surface area (Å²) in [5.74, 6) is -2.46. The highest BCUT2D eigenvalue weighted by Crippen LogP contribution is 2.20. The molecule has 0 heterocycles. The van der Waals surface area contributed by atoms with Gasteiger partial charge in [-0.05, 0) is 19.3 Å². The molecule has 0 saturated carbocycles. The van der Waals surface area contributed by atoms with Gasteiger partial charge in [0.05, 0.1) is 32.7 Å². The average Bonchev–Trinajstić information content (AvgIpc) is 2.64. The van der Waals surface area contributed by atoms with E-state index in [-0.39, 0.29) is 19.8 Å². The highest BCUT2D eigenvalue weighted by molar-refractivity contribution is 5.90. The Balaban J connectivity index is 4.72. The van der Waals surface area contributed by atoms with Crippen molar-refractivity contribution in [2.75, 3.05) is 19.8 Å². The monoisotopic (exact) mass is 402 g/mol. The maximum Gasteiger partial charge on any atom is 0.339 e. The van der Waals surface area contributed by atoms with Gasteiger partial charge in [-0.25, -0.2) is 4.79 Å². The second-order valence-electron chi connectivity index (χ2n) is 7.08. The molecule has 1 N–H and O–H groups in total. The lowest BCUT2D eigenvalue weighted by Crippen LogP contribution is -2.45. The molecule has 0 unspecified atom stereocenters. The van der Waals surface area contributed by atoms with Gasteiger partial charge in [0.25, 0.3) is 0 Å². The number of aliphatic hydroxyl groups is 1. The van der Waals surface area contributed by atoms with Crippen LogP contribution in [0.3, 0.4) is 0 Å². The molecule has 0 aromatic heterocycles. The van der Waals surface area contributed by atoms with E-state index in [1.807, 2.05) is 13.8 Å². The zero-order valence-electron chi connectivity index (χ0n) is 17.8. The van der Waals surface area contributed by atoms with Crippen molar-refractivity contribution in [3.63, 3.8) is 0 Å². The van der Waals surface area contributed by atoms with Crippen molar-refractivity contribution in [2.45, 2.75) is 97.0 Å². The molecule has 7 nitrogen and oxygen atoms in total. The van der Waals surface area contributed by atoms with Crippen molar-refractivity contribution in [1.82, 2.24) is 0 Å². The van der Waals surface area contributed by atoms with Crippen molar-refractivity contribution in [2.24, 2.45) is 0 Å². The number of hydrogen-bond donors (Lipinski definition) is 1. The second-order valence-corrected chi connectivity index (χ2v) is 7.08. The van der Waals surface area contributed by atoms with Gasteiger partial charge in [0.1, 0.15) is 0 Å². The molecule has 0 aromatic carbocycles. The Morgan fingerprint density at radius 2 is 1.07 bits per heavy atom. The Morgan fingerprint density at radius 3 is 1.54 bits per heavy atom. The molecule has 0 rings (SSSR count). The van der Waals surface area contributed by atoms with Crippen molar-refractivity contribution in [3.8, 4) is 0 Å². The van der Waals surface area contributed by atoms with Crippen LogP contribution in [0, 0.1) is 0 Å². The van der Waals surface area contributed by atoms with Crippen LogP contribution in [0.2, 0.25) is 0 Å². The molecule has 7 heteroatoms. The van der Waals surface area contributed by atoms with E-state index in [1.54, 1.807) is 0 Å². The van der Waals surface area contributed by atoms with Crippen LogP contribution in [0.15, 0.2) is 0 Å². The first kappa shape index (κ1) is 26.4. The van der Waals surface area contributed by atoms with Gasteiger partial charge in [0.2, 0.25) is 0 Å². The number of hydrogen-bond acceptors (Lipinski definition) is 7. The van der Waals surface area contributed by atoms with Gasteiger partial charge >= 0.3 is 17.9 Å². The zero-order chi connectivity index (χ0) is 21.3. The first-order chi connectivity index (χ1) is 13.4. The van der Waals surface area contributed by atoms with Gasteiger partial charge in [0.15, 0.2) is 5.60 Å². The van der Waals surface area contributed by atoms with Crippen LogP contribution >= 0.6 is 0 Å². The number of carbonyl (C=O) groups excluding carboxylic acids is 3. The molecule has 0 saturated heterocycles. The smallest absolute Gasteiger partial charge is 0.339 e. The lowest BCUT2D eigenvalue weighted by Gasteiger charge is -2.24. The number of unbranched alkanes of at least 4 members (excludes halogenated alkanes) is 6. The fourth-order valence-electron chi connectivity index (χ4n) is 2.45. The number of esters is 3. The van der Waals surface area contributed by atoms with Gasteiger partial charge in [-0.15, -0.1) is 0 Å². The molecular formula is C21H38O7. The molecule has 0 aliphatic carbocycles. The SMILES string of the molecule is CCCCCCCOC(=O)C(O)(CC(=O)OCCCC)CC(=O)OCCCC. The normalized spacial score (nSPS) is 11.1. The summed E-state index contributed by atoms with van der Waals surface area (Å²) < 4.78 is 15.2. The highest BCUT2D eigenvalue weighted by atomic mass is 16.6. The van der Waals surface area contributed by atoms with Crippen molar-refractivity contribution >= 4 is 17.9 Å². The third-order valence-electron chi connectivity index (χ3n) is 4.26. The van der Waals surface area contributed by atoms with Crippen molar-refractivity contribution < 1.29 is 33.7 Å². The lowest BCUT2D eigenvalue weighted by molar-refractivity contribution is -0.178. The Morgan fingerprint density at radius 1 is 0.643 bits per heavy atom. The maximum atomic E-state index is 12.4. The summed E-state index contributed by atoms with van der Waals surface area (Å²) in [5, 5.41) is 10.7. The molecule has 0 bridgehead atoms. The van der Waals surface area contributed by atoms with Gasteiger partial charge in [-0.3, -0.25) is 9.59 Å². The van der Waals surface area contributed by atoms with E-state index in [4.69, 9.17) is 14.2 Å². The molecule has 28 heavy (non-hydrogen) atoms. The molecule has 0 amide bonds. The molecule has 0 atom stereocenters. The quantitative estimate of drug-likeness (QED) is 0.225. The van der Waals surface area contributed by atoms with Crippen LogP contribution in [0.4, 0.5) is 0 Å². The van der Waals surface area contributed by atoms with Gasteiger partial charge in [0, 0.05) is 0 Å². The Kier molecular flexibility index (Phi) is 15.4. The molecule has 0 aliphatic rings. The lowest BCUT2D eigenvalue weighted by atomic mass is 9.95. The maximum absolute atomic E-state index is 12.4. The van der Waals surface area contributed by atoms with Crippen molar-refractivity contribution in [3.05, 3.63) is 0 Å². The number of carbonyl (C=O) groups is 3. The van der Waals surface area contributed by atoms with Crippen LogP contribution in [0.1, 0.15) is 91.4 Å². The van der Waals surface area contributed by atoms with E-state index in [2.05, 4.69) is 6.92 Å². The minimum Gasteiger partial charge on any atom is -0.466 e. The second kappa shape index (κ2) is 16.3. The molecule has 0 fully saturated rings. The van der Waals surface area contributed by atoms with Gasteiger partial charge in [-0.2, -0.15) is 0 Å². The molecule has 0 radical (unpaired) electrons. The predicted octanol–water partition coefficient (Wildman–Crippen LogP) is 3.70. The summed E-state index contributed by atoms with van der Waals surface area (Å²) in [5.41, 5.74) is -2.27. The molecule has 0 aromatic rings. The summed E-state index contributed by atoms with van der Waals surface area (Å²) in [4.78, 5) is 36.4. The third kappa shape index (κ3) is 12.7. The highest BCUT2D eigenvalue weighted by Gasteiger charge is 2.43. The summed E-state index contributed by atoms with van der Waals surface area (Å²) in [6.45, 7) is 6.57. The van der Waals surface area contributed by atoms with E-state index >= 15 is 0 Å². The third-order valence-corrected chi connectivity index (χ3v) is 4.26. The van der Waals surface area contributed by atoms with E-state index in [0.717, 1.165) is 38.5 Å². The van der Waals surface area contributed by atoms with Crippen molar-refractivity contribution in [1.29, 1.82) is 0 Å². The fraction of sp³-hybridized carbons (Fsp3) is 0.857. The van der Waals surface area contributed by atoms with Crippen LogP contribution in [-0.4, -0.2) is 48.4 Å². The van der Waals surface area contributed by atoms with E-state index in [0.29, 0.717) is 19.3 Å². The Labute approximate surface area is 169 Å². The van der Waals surface area contributed by atoms with Crippen LogP contribution in [-0.2, 0) is 28.6 Å². The minimum atomic E-state index is -2.27. The molecular weight excluding hydrogens is 364 g/mol. The van der Waals surface area contributed by atoms with E-state index in [1.165, 1.54) is 0 Å². The van der Waals surface area contributed by atoms with E-state index < -0.39 is 36.4 Å². The topological polar surface area (TPSA) is 99.1 Å². The first-order valence-electron chi connectivity index (χ1n) is 10.6. The van der Waals surface area contributed by atoms with Crippen LogP contribution < -0.4 is 0 Å². The summed E-state index contributed by atoms with van der Waals surface area (Å²) in [6, 6.07) is 0. The first-order valence-corrected chi connectivity index (χ1v) is 10.6. The predicted molar refractivity (Wildman–Crippen MR) is 106 cm³/mol. The minimum absolute atomic E-state index is 0.140. The summed E-state index contributed by atoms with van der Waals surface area (Å²) in [7, 11) is 0. The van der Waals surface area contributed by atoms with Gasteiger partial charge in [-0.1, -0.05) is 59.3 Å².